The molecule has 14 heteroatoms. The number of H-pyrrole nitrogens is 2. The number of nitrogens with two attached hydrogens (primary N) is 1. The Kier molecular flexibility index (Phi) is 9.54. The Morgan fingerprint density at radius 2 is 1.63 bits per heavy atom. The molecule has 0 saturated carbocycles. The lowest BCUT2D eigenvalue weighted by Gasteiger charge is -2.24. The molecule has 0 fully saturated rings. The molecular formula is C24H31N7O7. The average molecular weight is 530 g/mol. The quantitative estimate of drug-likeness (QED) is 0.118. The largest absolute Gasteiger partial charge is 0.480 e. The number of aliphatic carboxylic acids is 1. The van der Waals surface area contributed by atoms with Crippen LogP contribution in [0.1, 0.15) is 18.2 Å². The first kappa shape index (κ1) is 28.3. The lowest BCUT2D eigenvalue weighted by atomic mass is 10.0. The summed E-state index contributed by atoms with van der Waals surface area (Å²) in [5.74, 6) is -3.87. The van der Waals surface area contributed by atoms with Gasteiger partial charge >= 0.3 is 5.97 Å². The number of rotatable bonds is 13. The fourth-order valence-electron chi connectivity index (χ4n) is 3.77. The molecule has 3 amide bonds. The van der Waals surface area contributed by atoms with Gasteiger partial charge < -0.3 is 47.0 Å². The van der Waals surface area contributed by atoms with E-state index >= 15 is 0 Å². The molecule has 38 heavy (non-hydrogen) atoms. The van der Waals surface area contributed by atoms with Gasteiger partial charge in [-0.15, -0.1) is 0 Å². The number of hydrogen-bond acceptors (Lipinski definition) is 8. The van der Waals surface area contributed by atoms with Crippen molar-refractivity contribution < 1.29 is 34.5 Å². The number of carboxylic acids is 1. The van der Waals surface area contributed by atoms with Crippen molar-refractivity contribution in [3.63, 3.8) is 0 Å². The molecule has 204 valence electrons. The summed E-state index contributed by atoms with van der Waals surface area (Å²) in [6, 6.07) is 1.89. The van der Waals surface area contributed by atoms with Crippen LogP contribution in [-0.2, 0) is 32.0 Å². The monoisotopic (exact) mass is 529 g/mol. The van der Waals surface area contributed by atoms with Crippen LogP contribution in [0.4, 0.5) is 0 Å². The maximum atomic E-state index is 13.2. The van der Waals surface area contributed by atoms with Crippen molar-refractivity contribution in [3.8, 4) is 0 Å². The van der Waals surface area contributed by atoms with E-state index in [4.69, 9.17) is 5.73 Å². The van der Waals surface area contributed by atoms with Gasteiger partial charge in [-0.1, -0.05) is 18.2 Å². The molecule has 0 saturated heterocycles. The van der Waals surface area contributed by atoms with Gasteiger partial charge in [0.25, 0.3) is 0 Å². The molecular weight excluding hydrogens is 498 g/mol. The van der Waals surface area contributed by atoms with Gasteiger partial charge in [-0.3, -0.25) is 14.4 Å². The smallest absolute Gasteiger partial charge is 0.326 e. The number of amides is 3. The molecule has 2 aromatic heterocycles. The normalized spacial score (nSPS) is 15.2. The lowest BCUT2D eigenvalue weighted by Crippen LogP contribution is -2.59. The van der Waals surface area contributed by atoms with E-state index in [2.05, 4.69) is 30.9 Å². The number of para-hydroxylation sites is 1. The number of nitrogens with zero attached hydrogens (tertiary/aromatic N) is 1. The zero-order chi connectivity index (χ0) is 27.8. The minimum Gasteiger partial charge on any atom is -0.480 e. The third kappa shape index (κ3) is 7.15. The second kappa shape index (κ2) is 12.8. The van der Waals surface area contributed by atoms with E-state index < -0.39 is 60.6 Å². The van der Waals surface area contributed by atoms with Crippen molar-refractivity contribution >= 4 is 34.6 Å². The third-order valence-corrected chi connectivity index (χ3v) is 5.96. The van der Waals surface area contributed by atoms with Crippen molar-refractivity contribution in [2.45, 2.75) is 50.0 Å². The highest BCUT2D eigenvalue weighted by Crippen LogP contribution is 2.19. The molecule has 2 heterocycles. The number of fused-ring (bicyclic) bond motifs is 1. The molecule has 0 aliphatic rings. The maximum absolute atomic E-state index is 13.2. The zero-order valence-corrected chi connectivity index (χ0v) is 20.5. The van der Waals surface area contributed by atoms with Gasteiger partial charge in [-0.2, -0.15) is 0 Å². The van der Waals surface area contributed by atoms with Gasteiger partial charge in [0, 0.05) is 41.8 Å². The number of carbonyl (C=O) groups is 4. The molecule has 0 aliphatic carbocycles. The third-order valence-electron chi connectivity index (χ3n) is 5.96. The van der Waals surface area contributed by atoms with Crippen LogP contribution >= 0.6 is 0 Å². The van der Waals surface area contributed by atoms with Crippen LogP contribution in [0.3, 0.4) is 0 Å². The highest BCUT2D eigenvalue weighted by atomic mass is 16.4. The first-order valence-corrected chi connectivity index (χ1v) is 11.8. The van der Waals surface area contributed by atoms with Crippen molar-refractivity contribution in [1.29, 1.82) is 0 Å². The van der Waals surface area contributed by atoms with Crippen molar-refractivity contribution in [2.75, 3.05) is 6.61 Å². The SMILES string of the molecule is CC(O)C(N)C(=O)NC(CO)C(=O)NC(Cc1cnc[nH]1)C(=O)NC(Cc1c[nH]c2ccccc12)C(=O)O. The van der Waals surface area contributed by atoms with E-state index in [1.807, 2.05) is 24.3 Å². The topological polar surface area (TPSA) is 236 Å². The van der Waals surface area contributed by atoms with E-state index in [9.17, 15) is 34.5 Å². The Bertz CT molecular complexity index is 1260. The Labute approximate surface area is 217 Å². The molecule has 14 nitrogen and oxygen atoms in total. The minimum atomic E-state index is -1.48. The number of nitrogens with one attached hydrogen (secondary N) is 5. The summed E-state index contributed by atoms with van der Waals surface area (Å²) in [6.45, 7) is 0.471. The molecule has 3 rings (SSSR count). The first-order chi connectivity index (χ1) is 18.1. The Morgan fingerprint density at radius 3 is 2.26 bits per heavy atom. The summed E-state index contributed by atoms with van der Waals surface area (Å²) < 4.78 is 0. The van der Waals surface area contributed by atoms with Gasteiger partial charge in [0.05, 0.1) is 19.0 Å². The van der Waals surface area contributed by atoms with Gasteiger partial charge in [-0.25, -0.2) is 9.78 Å². The molecule has 10 N–H and O–H groups in total. The number of carboxylic acid groups (broad SMARTS) is 1. The minimum absolute atomic E-state index is 0.0254. The molecule has 0 aliphatic heterocycles. The van der Waals surface area contributed by atoms with Crippen LogP contribution in [0.25, 0.3) is 10.9 Å². The maximum Gasteiger partial charge on any atom is 0.326 e. The summed E-state index contributed by atoms with van der Waals surface area (Å²) >= 11 is 0. The summed E-state index contributed by atoms with van der Waals surface area (Å²) in [5.41, 5.74) is 7.53. The Hall–Kier alpha value is -4.27. The highest BCUT2D eigenvalue weighted by molar-refractivity contribution is 5.94. The highest BCUT2D eigenvalue weighted by Gasteiger charge is 2.31. The van der Waals surface area contributed by atoms with E-state index in [0.717, 1.165) is 10.9 Å². The molecule has 1 aromatic carbocycles. The van der Waals surface area contributed by atoms with Gasteiger partial charge in [0.2, 0.25) is 17.7 Å². The average Bonchev–Trinajstić information content (AvgIpc) is 3.55. The van der Waals surface area contributed by atoms with Gasteiger partial charge in [0.1, 0.15) is 24.2 Å². The molecule has 0 radical (unpaired) electrons. The van der Waals surface area contributed by atoms with Crippen LogP contribution < -0.4 is 21.7 Å². The molecule has 5 unspecified atom stereocenters. The number of imidazole rings is 1. The predicted octanol–water partition coefficient (Wildman–Crippen LogP) is -2.08. The second-order valence-electron chi connectivity index (χ2n) is 8.82. The van der Waals surface area contributed by atoms with E-state index in [-0.39, 0.29) is 12.8 Å². The van der Waals surface area contributed by atoms with E-state index in [1.54, 1.807) is 6.20 Å². The fourth-order valence-corrected chi connectivity index (χ4v) is 3.77. The second-order valence-corrected chi connectivity index (χ2v) is 8.82. The van der Waals surface area contributed by atoms with Crippen LogP contribution in [0.15, 0.2) is 43.0 Å². The summed E-state index contributed by atoms with van der Waals surface area (Å²) in [7, 11) is 0. The lowest BCUT2D eigenvalue weighted by molar-refractivity contribution is -0.142. The molecule has 0 bridgehead atoms. The number of aromatic nitrogens is 3. The fraction of sp³-hybridized carbons (Fsp3) is 0.375. The molecule has 5 atom stereocenters. The number of carbonyl (C=O) groups excluding carboxylic acids is 3. The number of hydrogen-bond donors (Lipinski definition) is 9. The van der Waals surface area contributed by atoms with Crippen LogP contribution in [0, 0.1) is 0 Å². The summed E-state index contributed by atoms with van der Waals surface area (Å²) in [6.07, 6.45) is 3.15. The number of aromatic amines is 2. The number of aliphatic hydroxyl groups excluding tert-OH is 2. The van der Waals surface area contributed by atoms with Crippen molar-refractivity contribution in [2.24, 2.45) is 5.73 Å². The zero-order valence-electron chi connectivity index (χ0n) is 20.5. The van der Waals surface area contributed by atoms with Gasteiger partial charge in [0.15, 0.2) is 0 Å². The predicted molar refractivity (Wildman–Crippen MR) is 134 cm³/mol. The molecule has 0 spiro atoms. The molecule has 3 aromatic rings. The van der Waals surface area contributed by atoms with Crippen LogP contribution in [0.2, 0.25) is 0 Å². The van der Waals surface area contributed by atoms with Crippen molar-refractivity contribution in [3.05, 3.63) is 54.2 Å². The Balaban J connectivity index is 1.75. The number of aliphatic hydroxyl groups is 2. The standard InChI is InChI=1S/C24H31N7O7/c1-12(33)20(25)23(36)31-19(10-32)22(35)29-17(7-14-9-26-11-28-14)21(34)30-18(24(37)38)6-13-8-27-16-5-3-2-4-15(13)16/h2-5,8-9,11-12,17-20,27,32-33H,6-7,10,25H2,1H3,(H,26,28)(H,29,35)(H,30,34)(H,31,36)(H,37,38). The number of benzene rings is 1. The van der Waals surface area contributed by atoms with E-state index in [0.29, 0.717) is 11.3 Å². The summed E-state index contributed by atoms with van der Waals surface area (Å²) in [5, 5.41) is 36.9. The van der Waals surface area contributed by atoms with Crippen LogP contribution in [-0.4, -0.2) is 90.8 Å². The van der Waals surface area contributed by atoms with E-state index in [1.165, 1.54) is 19.4 Å². The summed E-state index contributed by atoms with van der Waals surface area (Å²) in [4.78, 5) is 60.0. The van der Waals surface area contributed by atoms with Crippen molar-refractivity contribution in [1.82, 2.24) is 30.9 Å². The van der Waals surface area contributed by atoms with Crippen LogP contribution in [0.5, 0.6) is 0 Å². The Morgan fingerprint density at radius 1 is 0.974 bits per heavy atom. The van der Waals surface area contributed by atoms with Gasteiger partial charge in [-0.05, 0) is 18.6 Å². The first-order valence-electron chi connectivity index (χ1n) is 11.8.